The van der Waals surface area contributed by atoms with Crippen molar-refractivity contribution in [2.75, 3.05) is 0 Å². The van der Waals surface area contributed by atoms with Crippen LogP contribution in [0.2, 0.25) is 0 Å². The summed E-state index contributed by atoms with van der Waals surface area (Å²) in [6.07, 6.45) is 0. The van der Waals surface area contributed by atoms with Crippen LogP contribution in [0.3, 0.4) is 0 Å². The summed E-state index contributed by atoms with van der Waals surface area (Å²) in [4.78, 5) is 2.17. The highest BCUT2D eigenvalue weighted by Crippen LogP contribution is 2.43. The summed E-state index contributed by atoms with van der Waals surface area (Å²) in [7, 11) is 0. The number of nitrogens with zero attached hydrogens (tertiary/aromatic N) is 2. The van der Waals surface area contributed by atoms with Crippen LogP contribution in [0.5, 0.6) is 5.75 Å². The van der Waals surface area contributed by atoms with E-state index in [0.717, 1.165) is 26.6 Å². The minimum absolute atomic E-state index is 0.0565. The molecule has 0 atom stereocenters. The highest BCUT2D eigenvalue weighted by atomic mass is 32.2. The Labute approximate surface area is 184 Å². The fraction of sp³-hybridized carbons (Fsp3) is 0.308. The molecule has 3 aromatic carbocycles. The number of rotatable bonds is 4. The average molecular weight is 419 g/mol. The molecular formula is C26H30N2OS. The van der Waals surface area contributed by atoms with Gasteiger partial charge in [-0.05, 0) is 46.7 Å². The van der Waals surface area contributed by atoms with Gasteiger partial charge in [-0.25, -0.2) is 0 Å². The van der Waals surface area contributed by atoms with Crippen molar-refractivity contribution in [1.82, 2.24) is 0 Å². The second-order valence-electron chi connectivity index (χ2n) is 9.47. The third kappa shape index (κ3) is 5.31. The predicted molar refractivity (Wildman–Crippen MR) is 127 cm³/mol. The van der Waals surface area contributed by atoms with Crippen LogP contribution in [-0.4, -0.2) is 5.11 Å². The maximum Gasteiger partial charge on any atom is 0.146 e. The van der Waals surface area contributed by atoms with Crippen molar-refractivity contribution in [3.05, 3.63) is 77.9 Å². The molecule has 0 aromatic heterocycles. The van der Waals surface area contributed by atoms with Crippen molar-refractivity contribution in [1.29, 1.82) is 0 Å². The molecule has 0 heterocycles. The molecule has 0 bridgehead atoms. The van der Waals surface area contributed by atoms with Gasteiger partial charge in [0.2, 0.25) is 0 Å². The standard InChI is InChI=1S/C26H30N2OS/c1-25(2,3)18-16-20(26(4,5)6)24(29)22(17-18)28-27-21-14-10-11-15-23(21)30-19-12-8-7-9-13-19/h7-17,29H,1-6H3/b28-27+. The summed E-state index contributed by atoms with van der Waals surface area (Å²) in [6, 6.07) is 22.2. The fourth-order valence-corrected chi connectivity index (χ4v) is 3.96. The molecule has 156 valence electrons. The normalized spacial score (nSPS) is 12.5. The second-order valence-corrected chi connectivity index (χ2v) is 10.6. The van der Waals surface area contributed by atoms with Crippen molar-refractivity contribution in [2.45, 2.75) is 62.2 Å². The quantitative estimate of drug-likeness (QED) is 0.431. The van der Waals surface area contributed by atoms with Gasteiger partial charge in [-0.3, -0.25) is 0 Å². The van der Waals surface area contributed by atoms with Crippen LogP contribution in [0.25, 0.3) is 0 Å². The summed E-state index contributed by atoms with van der Waals surface area (Å²) < 4.78 is 0. The maximum absolute atomic E-state index is 10.9. The van der Waals surface area contributed by atoms with E-state index < -0.39 is 0 Å². The summed E-state index contributed by atoms with van der Waals surface area (Å²) in [5, 5.41) is 20.0. The Bertz CT molecular complexity index is 1040. The van der Waals surface area contributed by atoms with E-state index in [0.29, 0.717) is 5.69 Å². The first-order valence-electron chi connectivity index (χ1n) is 10.2. The van der Waals surface area contributed by atoms with E-state index in [2.05, 4.69) is 70.0 Å². The largest absolute Gasteiger partial charge is 0.505 e. The number of benzene rings is 3. The van der Waals surface area contributed by atoms with E-state index >= 15 is 0 Å². The van der Waals surface area contributed by atoms with Gasteiger partial charge in [0.05, 0.1) is 5.69 Å². The predicted octanol–water partition coefficient (Wildman–Crippen LogP) is 8.55. The van der Waals surface area contributed by atoms with E-state index in [1.165, 1.54) is 0 Å². The molecule has 0 fully saturated rings. The van der Waals surface area contributed by atoms with Gasteiger partial charge in [0.25, 0.3) is 0 Å². The first kappa shape index (κ1) is 22.1. The molecule has 3 aromatic rings. The Morgan fingerprint density at radius 2 is 1.30 bits per heavy atom. The molecule has 3 nitrogen and oxygen atoms in total. The Hall–Kier alpha value is -2.59. The summed E-state index contributed by atoms with van der Waals surface area (Å²) in [6.45, 7) is 12.8. The van der Waals surface area contributed by atoms with Gasteiger partial charge in [-0.1, -0.05) is 89.7 Å². The average Bonchev–Trinajstić information content (AvgIpc) is 2.67. The van der Waals surface area contributed by atoms with Crippen LogP contribution in [0.1, 0.15) is 52.7 Å². The molecule has 30 heavy (non-hydrogen) atoms. The molecule has 1 N–H and O–H groups in total. The lowest BCUT2D eigenvalue weighted by molar-refractivity contribution is 0.446. The SMILES string of the molecule is CC(C)(C)c1cc(/N=N/c2ccccc2Sc2ccccc2)c(O)c(C(C)(C)C)c1. The minimum Gasteiger partial charge on any atom is -0.505 e. The van der Waals surface area contributed by atoms with E-state index in [4.69, 9.17) is 0 Å². The zero-order chi connectivity index (χ0) is 21.9. The van der Waals surface area contributed by atoms with Crippen molar-refractivity contribution in [2.24, 2.45) is 10.2 Å². The smallest absolute Gasteiger partial charge is 0.146 e. The fourth-order valence-electron chi connectivity index (χ4n) is 3.05. The lowest BCUT2D eigenvalue weighted by atomic mass is 9.80. The summed E-state index contributed by atoms with van der Waals surface area (Å²) in [5.74, 6) is 0.201. The molecule has 0 aliphatic rings. The van der Waals surface area contributed by atoms with E-state index in [1.54, 1.807) is 11.8 Å². The Balaban J connectivity index is 2.03. The summed E-state index contributed by atoms with van der Waals surface area (Å²) in [5.41, 5.74) is 3.05. The highest BCUT2D eigenvalue weighted by molar-refractivity contribution is 7.99. The van der Waals surface area contributed by atoms with Crippen molar-refractivity contribution < 1.29 is 5.11 Å². The van der Waals surface area contributed by atoms with Gasteiger partial charge in [0.1, 0.15) is 11.4 Å². The lowest BCUT2D eigenvalue weighted by Crippen LogP contribution is -2.16. The number of azo groups is 1. The Kier molecular flexibility index (Phi) is 6.37. The molecule has 3 rings (SSSR count). The van der Waals surface area contributed by atoms with Crippen molar-refractivity contribution in [3.8, 4) is 5.75 Å². The molecule has 0 unspecified atom stereocenters. The number of aromatic hydroxyl groups is 1. The van der Waals surface area contributed by atoms with E-state index in [9.17, 15) is 5.11 Å². The van der Waals surface area contributed by atoms with Crippen LogP contribution in [0, 0.1) is 0 Å². The zero-order valence-corrected chi connectivity index (χ0v) is 19.4. The third-order valence-electron chi connectivity index (χ3n) is 4.87. The highest BCUT2D eigenvalue weighted by Gasteiger charge is 2.25. The van der Waals surface area contributed by atoms with Gasteiger partial charge in [0.15, 0.2) is 0 Å². The van der Waals surface area contributed by atoms with Crippen molar-refractivity contribution in [3.63, 3.8) is 0 Å². The van der Waals surface area contributed by atoms with Crippen LogP contribution < -0.4 is 0 Å². The maximum atomic E-state index is 10.9. The molecule has 0 amide bonds. The minimum atomic E-state index is -0.198. The van der Waals surface area contributed by atoms with Crippen LogP contribution >= 0.6 is 11.8 Å². The van der Waals surface area contributed by atoms with Gasteiger partial charge in [0, 0.05) is 15.4 Å². The van der Waals surface area contributed by atoms with Gasteiger partial charge >= 0.3 is 0 Å². The molecule has 0 saturated carbocycles. The topological polar surface area (TPSA) is 45.0 Å². The second kappa shape index (κ2) is 8.65. The molecule has 0 aliphatic heterocycles. The van der Waals surface area contributed by atoms with E-state index in [1.807, 2.05) is 48.5 Å². The molecular weight excluding hydrogens is 388 g/mol. The Morgan fingerprint density at radius 1 is 0.700 bits per heavy atom. The first-order valence-corrected chi connectivity index (χ1v) is 11.0. The Morgan fingerprint density at radius 3 is 1.93 bits per heavy atom. The van der Waals surface area contributed by atoms with Crippen LogP contribution in [0.15, 0.2) is 86.7 Å². The monoisotopic (exact) mass is 418 g/mol. The first-order chi connectivity index (χ1) is 14.1. The van der Waals surface area contributed by atoms with Crippen molar-refractivity contribution >= 4 is 23.1 Å². The molecule has 0 aliphatic carbocycles. The third-order valence-corrected chi connectivity index (χ3v) is 5.94. The van der Waals surface area contributed by atoms with Gasteiger partial charge in [-0.15, -0.1) is 10.2 Å². The number of hydrogen-bond donors (Lipinski definition) is 1. The lowest BCUT2D eigenvalue weighted by Gasteiger charge is -2.26. The van der Waals surface area contributed by atoms with Crippen LogP contribution in [-0.2, 0) is 10.8 Å². The molecule has 0 spiro atoms. The number of phenolic OH excluding ortho intramolecular Hbond substituents is 1. The summed E-state index contributed by atoms with van der Waals surface area (Å²) >= 11 is 1.65. The van der Waals surface area contributed by atoms with Crippen LogP contribution in [0.4, 0.5) is 11.4 Å². The molecule has 4 heteroatoms. The van der Waals surface area contributed by atoms with Gasteiger partial charge < -0.3 is 5.11 Å². The number of phenols is 1. The van der Waals surface area contributed by atoms with E-state index in [-0.39, 0.29) is 16.6 Å². The molecule has 0 radical (unpaired) electrons. The zero-order valence-electron chi connectivity index (χ0n) is 18.6. The van der Waals surface area contributed by atoms with Gasteiger partial charge in [-0.2, -0.15) is 0 Å². The number of hydrogen-bond acceptors (Lipinski definition) is 4. The molecule has 0 saturated heterocycles.